The molecule has 0 unspecified atom stereocenters. The lowest BCUT2D eigenvalue weighted by Gasteiger charge is -1.93. The van der Waals surface area contributed by atoms with Crippen LogP contribution < -0.4 is 0 Å². The van der Waals surface area contributed by atoms with Crippen molar-refractivity contribution in [3.8, 4) is 0 Å². The fourth-order valence-electron chi connectivity index (χ4n) is 0.729. The normalized spacial score (nSPS) is 10.2. The molecule has 0 radical (unpaired) electrons. The van der Waals surface area contributed by atoms with Gasteiger partial charge in [-0.2, -0.15) is 0 Å². The van der Waals surface area contributed by atoms with Crippen LogP contribution in [0.15, 0.2) is 6.20 Å². The second-order valence-electron chi connectivity index (χ2n) is 2.31. The molecule has 0 fully saturated rings. The summed E-state index contributed by atoms with van der Waals surface area (Å²) in [4.78, 5) is 15.6. The Morgan fingerprint density at radius 2 is 2.50 bits per heavy atom. The lowest BCUT2D eigenvalue weighted by molar-refractivity contribution is 0.102. The summed E-state index contributed by atoms with van der Waals surface area (Å²) in [7, 11) is 0. The van der Waals surface area contributed by atoms with E-state index in [1.165, 1.54) is 18.3 Å². The van der Waals surface area contributed by atoms with Crippen LogP contribution in [-0.2, 0) is 11.3 Å². The molecule has 0 bridgehead atoms. The molecular weight excluding hydrogens is 174 g/mol. The Bertz CT molecular complexity index is 270. The van der Waals surface area contributed by atoms with Gasteiger partial charge in [0.25, 0.3) is 0 Å². The Morgan fingerprint density at radius 3 is 3.00 bits per heavy atom. The smallest absolute Gasteiger partial charge is 0.171 e. The molecule has 66 valence electrons. The molecule has 0 aliphatic heterocycles. The van der Waals surface area contributed by atoms with Crippen molar-refractivity contribution in [2.45, 2.75) is 20.5 Å². The Kier molecular flexibility index (Phi) is 3.37. The number of hydrogen-bond donors (Lipinski definition) is 0. The number of rotatable bonds is 4. The number of aromatic nitrogens is 1. The van der Waals surface area contributed by atoms with Gasteiger partial charge >= 0.3 is 0 Å². The number of Topliss-reactive ketones (excluding diaryl/α,β-unsaturated/α-hetero) is 1. The monoisotopic (exact) mass is 185 g/mol. The third-order valence-electron chi connectivity index (χ3n) is 1.33. The molecule has 12 heavy (non-hydrogen) atoms. The summed E-state index contributed by atoms with van der Waals surface area (Å²) >= 11 is 1.40. The van der Waals surface area contributed by atoms with Crippen LogP contribution in [0.4, 0.5) is 0 Å². The fraction of sp³-hybridized carbons (Fsp3) is 0.500. The van der Waals surface area contributed by atoms with Crippen molar-refractivity contribution in [3.05, 3.63) is 16.1 Å². The predicted octanol–water partition coefficient (Wildman–Crippen LogP) is 1.88. The maximum absolute atomic E-state index is 10.9. The summed E-state index contributed by atoms with van der Waals surface area (Å²) in [6.45, 7) is 4.65. The quantitative estimate of drug-likeness (QED) is 0.672. The first-order valence-corrected chi connectivity index (χ1v) is 4.59. The zero-order valence-electron chi connectivity index (χ0n) is 7.16. The second-order valence-corrected chi connectivity index (χ2v) is 3.43. The maximum Gasteiger partial charge on any atom is 0.171 e. The number of nitrogens with zero attached hydrogens (tertiary/aromatic N) is 1. The molecule has 1 aromatic heterocycles. The van der Waals surface area contributed by atoms with Crippen LogP contribution >= 0.6 is 11.3 Å². The van der Waals surface area contributed by atoms with Gasteiger partial charge in [-0.05, 0) is 6.92 Å². The minimum Gasteiger partial charge on any atom is -0.375 e. The first-order valence-electron chi connectivity index (χ1n) is 3.77. The van der Waals surface area contributed by atoms with E-state index in [9.17, 15) is 4.79 Å². The standard InChI is InChI=1S/C8H11NO2S/c1-3-11-5-8-9-4-7(12-8)6(2)10/h4H,3,5H2,1-2H3. The third kappa shape index (κ3) is 2.39. The van der Waals surface area contributed by atoms with Gasteiger partial charge in [0.1, 0.15) is 5.01 Å². The van der Waals surface area contributed by atoms with E-state index in [1.807, 2.05) is 6.92 Å². The average molecular weight is 185 g/mol. The molecule has 0 amide bonds. The number of ether oxygens (including phenoxy) is 1. The first-order chi connectivity index (χ1) is 5.74. The SMILES string of the molecule is CCOCc1ncc(C(C)=O)s1. The highest BCUT2D eigenvalue weighted by Crippen LogP contribution is 2.13. The summed E-state index contributed by atoms with van der Waals surface area (Å²) < 4.78 is 5.15. The Labute approximate surface area is 75.4 Å². The van der Waals surface area contributed by atoms with Crippen LogP contribution in [0.2, 0.25) is 0 Å². The van der Waals surface area contributed by atoms with Crippen LogP contribution in [0.1, 0.15) is 28.5 Å². The molecule has 0 N–H and O–H groups in total. The lowest BCUT2D eigenvalue weighted by Crippen LogP contribution is -1.89. The number of carbonyl (C=O) groups excluding carboxylic acids is 1. The van der Waals surface area contributed by atoms with Gasteiger partial charge in [-0.3, -0.25) is 4.79 Å². The highest BCUT2D eigenvalue weighted by molar-refractivity contribution is 7.13. The molecule has 0 spiro atoms. The van der Waals surface area contributed by atoms with E-state index in [-0.39, 0.29) is 5.78 Å². The Hall–Kier alpha value is -0.740. The van der Waals surface area contributed by atoms with E-state index in [2.05, 4.69) is 4.98 Å². The molecule has 0 saturated heterocycles. The van der Waals surface area contributed by atoms with Gasteiger partial charge in [0.15, 0.2) is 5.78 Å². The summed E-state index contributed by atoms with van der Waals surface area (Å²) in [5.74, 6) is 0.0650. The van der Waals surface area contributed by atoms with E-state index in [0.717, 1.165) is 5.01 Å². The topological polar surface area (TPSA) is 39.2 Å². The molecule has 0 aliphatic rings. The van der Waals surface area contributed by atoms with E-state index < -0.39 is 0 Å². The van der Waals surface area contributed by atoms with Crippen molar-refractivity contribution in [3.63, 3.8) is 0 Å². The number of carbonyl (C=O) groups is 1. The Balaban J connectivity index is 2.58. The second kappa shape index (κ2) is 4.33. The summed E-state index contributed by atoms with van der Waals surface area (Å²) in [5, 5.41) is 0.863. The van der Waals surface area contributed by atoms with Crippen molar-refractivity contribution < 1.29 is 9.53 Å². The fourth-order valence-corrected chi connectivity index (χ4v) is 1.48. The van der Waals surface area contributed by atoms with Crippen LogP contribution in [0.3, 0.4) is 0 Å². The van der Waals surface area contributed by atoms with Crippen molar-refractivity contribution in [1.29, 1.82) is 0 Å². The van der Waals surface area contributed by atoms with Crippen molar-refractivity contribution in [1.82, 2.24) is 4.98 Å². The highest BCUT2D eigenvalue weighted by Gasteiger charge is 2.04. The number of hydrogen-bond acceptors (Lipinski definition) is 4. The van der Waals surface area contributed by atoms with Crippen LogP contribution in [0.25, 0.3) is 0 Å². The van der Waals surface area contributed by atoms with Gasteiger partial charge in [-0.1, -0.05) is 0 Å². The molecular formula is C8H11NO2S. The first kappa shape index (κ1) is 9.35. The van der Waals surface area contributed by atoms with Gasteiger partial charge in [0.2, 0.25) is 0 Å². The molecule has 1 aromatic rings. The van der Waals surface area contributed by atoms with Gasteiger partial charge in [0.05, 0.1) is 11.5 Å². The molecule has 0 saturated carbocycles. The molecule has 4 heteroatoms. The molecule has 1 heterocycles. The minimum atomic E-state index is 0.0650. The lowest BCUT2D eigenvalue weighted by atomic mass is 10.4. The van der Waals surface area contributed by atoms with Crippen LogP contribution in [-0.4, -0.2) is 17.4 Å². The summed E-state index contributed by atoms with van der Waals surface area (Å²) in [6.07, 6.45) is 1.60. The molecule has 1 rings (SSSR count). The average Bonchev–Trinajstić information content (AvgIpc) is 2.48. The number of thiazole rings is 1. The van der Waals surface area contributed by atoms with Gasteiger partial charge in [-0.25, -0.2) is 4.98 Å². The zero-order chi connectivity index (χ0) is 8.97. The van der Waals surface area contributed by atoms with Gasteiger partial charge < -0.3 is 4.74 Å². The van der Waals surface area contributed by atoms with Crippen LogP contribution in [0, 0.1) is 0 Å². The largest absolute Gasteiger partial charge is 0.375 e. The molecule has 0 aliphatic carbocycles. The molecule has 0 aromatic carbocycles. The third-order valence-corrected chi connectivity index (χ3v) is 2.40. The summed E-state index contributed by atoms with van der Waals surface area (Å²) in [6, 6.07) is 0. The van der Waals surface area contributed by atoms with Crippen molar-refractivity contribution >= 4 is 17.1 Å². The van der Waals surface area contributed by atoms with Gasteiger partial charge in [-0.15, -0.1) is 11.3 Å². The molecule has 0 atom stereocenters. The van der Waals surface area contributed by atoms with E-state index in [1.54, 1.807) is 6.20 Å². The predicted molar refractivity (Wildman–Crippen MR) is 47.4 cm³/mol. The summed E-state index contributed by atoms with van der Waals surface area (Å²) in [5.41, 5.74) is 0. The maximum atomic E-state index is 10.9. The van der Waals surface area contributed by atoms with E-state index in [0.29, 0.717) is 18.1 Å². The van der Waals surface area contributed by atoms with Crippen molar-refractivity contribution in [2.24, 2.45) is 0 Å². The Morgan fingerprint density at radius 1 is 1.75 bits per heavy atom. The zero-order valence-corrected chi connectivity index (χ0v) is 7.98. The van der Waals surface area contributed by atoms with Gasteiger partial charge in [0, 0.05) is 19.7 Å². The van der Waals surface area contributed by atoms with E-state index in [4.69, 9.17) is 4.74 Å². The number of ketones is 1. The molecule has 3 nitrogen and oxygen atoms in total. The minimum absolute atomic E-state index is 0.0650. The van der Waals surface area contributed by atoms with Crippen LogP contribution in [0.5, 0.6) is 0 Å². The highest BCUT2D eigenvalue weighted by atomic mass is 32.1. The van der Waals surface area contributed by atoms with Crippen molar-refractivity contribution in [2.75, 3.05) is 6.61 Å². The van der Waals surface area contributed by atoms with E-state index >= 15 is 0 Å².